The van der Waals surface area contributed by atoms with Gasteiger partial charge in [0, 0.05) is 19.0 Å². The van der Waals surface area contributed by atoms with E-state index in [0.29, 0.717) is 13.1 Å². The van der Waals surface area contributed by atoms with Crippen LogP contribution in [-0.4, -0.2) is 53.7 Å². The molecular weight excluding hydrogens is 444 g/mol. The number of fused-ring (bicyclic) bond motifs is 3. The van der Waals surface area contributed by atoms with Gasteiger partial charge in [-0.05, 0) is 53.4 Å². The third-order valence-corrected chi connectivity index (χ3v) is 7.95. The highest BCUT2D eigenvalue weighted by Crippen LogP contribution is 2.47. The molecule has 2 aromatic rings. The quantitative estimate of drug-likeness (QED) is 0.638. The lowest BCUT2D eigenvalue weighted by atomic mass is 9.66. The van der Waals surface area contributed by atoms with Crippen molar-refractivity contribution in [3.05, 3.63) is 59.7 Å². The van der Waals surface area contributed by atoms with Gasteiger partial charge < -0.3 is 20.1 Å². The largest absolute Gasteiger partial charge is 0.481 e. The Bertz CT molecular complexity index is 1080. The van der Waals surface area contributed by atoms with Gasteiger partial charge in [-0.3, -0.25) is 9.59 Å². The van der Waals surface area contributed by atoms with Crippen LogP contribution < -0.4 is 5.32 Å². The van der Waals surface area contributed by atoms with E-state index in [1.165, 1.54) is 6.42 Å². The number of nitrogens with zero attached hydrogens (tertiary/aromatic N) is 1. The summed E-state index contributed by atoms with van der Waals surface area (Å²) < 4.78 is 5.57. The second-order valence-corrected chi connectivity index (χ2v) is 10.2. The van der Waals surface area contributed by atoms with E-state index in [1.54, 1.807) is 4.90 Å². The number of aliphatic carboxylic acids is 1. The summed E-state index contributed by atoms with van der Waals surface area (Å²) in [6.07, 6.45) is 5.26. The van der Waals surface area contributed by atoms with E-state index in [1.807, 2.05) is 36.4 Å². The number of ether oxygens (including phenoxy) is 1. The molecule has 5 rings (SSSR count). The maximum atomic E-state index is 13.3. The number of carboxylic acids is 1. The Morgan fingerprint density at radius 1 is 0.971 bits per heavy atom. The molecule has 1 saturated carbocycles. The third kappa shape index (κ3) is 4.77. The lowest BCUT2D eigenvalue weighted by Gasteiger charge is -2.44. The fraction of sp³-hybridized carbons (Fsp3) is 0.464. The van der Waals surface area contributed by atoms with E-state index in [-0.39, 0.29) is 23.8 Å². The number of alkyl carbamates (subject to hydrolysis) is 1. The normalized spacial score (nSPS) is 19.1. The van der Waals surface area contributed by atoms with Crippen molar-refractivity contribution >= 4 is 18.0 Å². The molecule has 1 atom stereocenters. The summed E-state index contributed by atoms with van der Waals surface area (Å²) in [6.45, 7) is 1.36. The predicted octanol–water partition coefficient (Wildman–Crippen LogP) is 4.55. The molecule has 1 saturated heterocycles. The van der Waals surface area contributed by atoms with Crippen LogP contribution in [0.3, 0.4) is 0 Å². The molecule has 2 aromatic carbocycles. The minimum atomic E-state index is -1.14. The molecule has 0 aromatic heterocycles. The van der Waals surface area contributed by atoms with Gasteiger partial charge >= 0.3 is 12.1 Å². The summed E-state index contributed by atoms with van der Waals surface area (Å²) in [5.41, 5.74) is 4.61. The molecule has 2 fully saturated rings. The van der Waals surface area contributed by atoms with Crippen LogP contribution in [0.5, 0.6) is 0 Å². The van der Waals surface area contributed by atoms with E-state index < -0.39 is 24.5 Å². The van der Waals surface area contributed by atoms with Gasteiger partial charge in [0.05, 0.1) is 6.42 Å². The lowest BCUT2D eigenvalue weighted by Crippen LogP contribution is -2.52. The first-order valence-corrected chi connectivity index (χ1v) is 12.6. The number of carbonyl (C=O) groups is 3. The van der Waals surface area contributed by atoms with Crippen LogP contribution in [0.25, 0.3) is 11.1 Å². The van der Waals surface area contributed by atoms with Crippen molar-refractivity contribution in [2.75, 3.05) is 19.7 Å². The molecular formula is C28H32N2O5. The molecule has 2 N–H and O–H groups in total. The summed E-state index contributed by atoms with van der Waals surface area (Å²) in [5, 5.41) is 12.0. The number of hydrogen-bond donors (Lipinski definition) is 2. The van der Waals surface area contributed by atoms with Crippen LogP contribution >= 0.6 is 0 Å². The Morgan fingerprint density at radius 2 is 1.60 bits per heavy atom. The molecule has 3 aliphatic rings. The molecule has 35 heavy (non-hydrogen) atoms. The van der Waals surface area contributed by atoms with Crippen LogP contribution in [0, 0.1) is 5.41 Å². The minimum absolute atomic E-state index is 0.106. The smallest absolute Gasteiger partial charge is 0.407 e. The fourth-order valence-electron chi connectivity index (χ4n) is 6.02. The first-order chi connectivity index (χ1) is 17.0. The number of nitrogens with one attached hydrogen (secondary N) is 1. The van der Waals surface area contributed by atoms with Crippen molar-refractivity contribution in [1.82, 2.24) is 10.2 Å². The monoisotopic (exact) mass is 476 g/mol. The molecule has 1 unspecified atom stereocenters. The molecule has 2 amide bonds. The van der Waals surface area contributed by atoms with Gasteiger partial charge in [0.1, 0.15) is 12.6 Å². The highest BCUT2D eigenvalue weighted by molar-refractivity contribution is 5.89. The summed E-state index contributed by atoms with van der Waals surface area (Å²) in [4.78, 5) is 39.4. The zero-order valence-electron chi connectivity index (χ0n) is 19.9. The molecule has 7 heteroatoms. The highest BCUT2D eigenvalue weighted by atomic mass is 16.5. The second kappa shape index (κ2) is 9.72. The highest BCUT2D eigenvalue weighted by Gasteiger charge is 2.42. The zero-order valence-corrected chi connectivity index (χ0v) is 19.9. The number of rotatable bonds is 6. The number of likely N-dealkylation sites (tertiary alicyclic amines) is 1. The van der Waals surface area contributed by atoms with Crippen molar-refractivity contribution in [3.63, 3.8) is 0 Å². The van der Waals surface area contributed by atoms with Crippen LogP contribution in [-0.2, 0) is 14.3 Å². The molecule has 0 radical (unpaired) electrons. The van der Waals surface area contributed by atoms with Crippen LogP contribution in [0.1, 0.15) is 62.0 Å². The number of amides is 2. The molecule has 1 aliphatic heterocycles. The standard InChI is InChI=1S/C28H32N2O5/c31-25(32)16-24(26(33)30-15-6-5-12-28(18-30)13-7-14-28)29-27(34)35-17-23-21-10-3-1-8-19(21)20-9-2-4-11-22(20)23/h1-4,8-11,23-24H,5-7,12-18H2,(H,29,34)(H,31,32). The number of carbonyl (C=O) groups excluding carboxylic acids is 2. The fourth-order valence-corrected chi connectivity index (χ4v) is 6.02. The van der Waals surface area contributed by atoms with E-state index in [0.717, 1.165) is 54.4 Å². The van der Waals surface area contributed by atoms with Crippen LogP contribution in [0.15, 0.2) is 48.5 Å². The van der Waals surface area contributed by atoms with Crippen molar-refractivity contribution < 1.29 is 24.2 Å². The van der Waals surface area contributed by atoms with E-state index in [9.17, 15) is 19.5 Å². The Balaban J connectivity index is 1.26. The van der Waals surface area contributed by atoms with Crippen molar-refractivity contribution in [1.29, 1.82) is 0 Å². The maximum Gasteiger partial charge on any atom is 0.407 e. The average Bonchev–Trinajstić information content (AvgIpc) is 2.97. The number of benzene rings is 2. The number of carboxylic acid groups (broad SMARTS) is 1. The van der Waals surface area contributed by atoms with Gasteiger partial charge in [-0.1, -0.05) is 61.4 Å². The third-order valence-electron chi connectivity index (χ3n) is 7.95. The topological polar surface area (TPSA) is 95.9 Å². The molecule has 1 spiro atoms. The predicted molar refractivity (Wildman–Crippen MR) is 131 cm³/mol. The second-order valence-electron chi connectivity index (χ2n) is 10.2. The van der Waals surface area contributed by atoms with Crippen molar-refractivity contribution in [2.24, 2.45) is 5.41 Å². The van der Waals surface area contributed by atoms with E-state index in [2.05, 4.69) is 17.4 Å². The van der Waals surface area contributed by atoms with Gasteiger partial charge in [0.15, 0.2) is 0 Å². The van der Waals surface area contributed by atoms with Crippen molar-refractivity contribution in [3.8, 4) is 11.1 Å². The number of hydrogen-bond acceptors (Lipinski definition) is 4. The Kier molecular flexibility index (Phi) is 6.50. The minimum Gasteiger partial charge on any atom is -0.481 e. The lowest BCUT2D eigenvalue weighted by molar-refractivity contribution is -0.143. The summed E-state index contributed by atoms with van der Waals surface area (Å²) in [5.74, 6) is -1.56. The van der Waals surface area contributed by atoms with E-state index in [4.69, 9.17) is 4.74 Å². The van der Waals surface area contributed by atoms with Crippen LogP contribution in [0.2, 0.25) is 0 Å². The zero-order chi connectivity index (χ0) is 24.4. The molecule has 1 heterocycles. The Labute approximate surface area is 205 Å². The van der Waals surface area contributed by atoms with Crippen molar-refractivity contribution in [2.45, 2.75) is 56.9 Å². The van der Waals surface area contributed by atoms with E-state index >= 15 is 0 Å². The molecule has 2 aliphatic carbocycles. The van der Waals surface area contributed by atoms with Gasteiger partial charge in [-0.2, -0.15) is 0 Å². The molecule has 184 valence electrons. The Morgan fingerprint density at radius 3 is 2.20 bits per heavy atom. The Hall–Kier alpha value is -3.35. The first-order valence-electron chi connectivity index (χ1n) is 12.6. The SMILES string of the molecule is O=C(O)CC(NC(=O)OCC1c2ccccc2-c2ccccc21)C(=O)N1CCCCC2(CCC2)C1. The van der Waals surface area contributed by atoms with Crippen LogP contribution in [0.4, 0.5) is 4.79 Å². The molecule has 7 nitrogen and oxygen atoms in total. The van der Waals surface area contributed by atoms with Gasteiger partial charge in [-0.25, -0.2) is 4.79 Å². The van der Waals surface area contributed by atoms with Gasteiger partial charge in [0.2, 0.25) is 5.91 Å². The molecule has 0 bridgehead atoms. The summed E-state index contributed by atoms with van der Waals surface area (Å²) in [6, 6.07) is 15.0. The summed E-state index contributed by atoms with van der Waals surface area (Å²) in [7, 11) is 0. The first kappa shape index (κ1) is 23.4. The van der Waals surface area contributed by atoms with Gasteiger partial charge in [-0.15, -0.1) is 0 Å². The van der Waals surface area contributed by atoms with Gasteiger partial charge in [0.25, 0.3) is 0 Å². The maximum absolute atomic E-state index is 13.3. The summed E-state index contributed by atoms with van der Waals surface area (Å²) >= 11 is 0. The average molecular weight is 477 g/mol.